The molecule has 4 aromatic carbocycles. The quantitative estimate of drug-likeness (QED) is 0.0933. The maximum atomic E-state index is 13.7. The third kappa shape index (κ3) is 7.19. The summed E-state index contributed by atoms with van der Waals surface area (Å²) in [7, 11) is 0. The summed E-state index contributed by atoms with van der Waals surface area (Å²) in [6.45, 7) is 3.13. The molecule has 47 heavy (non-hydrogen) atoms. The summed E-state index contributed by atoms with van der Waals surface area (Å²) < 4.78 is 7.94. The summed E-state index contributed by atoms with van der Waals surface area (Å²) >= 11 is 0. The van der Waals surface area contributed by atoms with Crippen molar-refractivity contribution in [2.24, 2.45) is 11.5 Å². The third-order valence-electron chi connectivity index (χ3n) is 8.31. The fourth-order valence-electron chi connectivity index (χ4n) is 5.98. The molecule has 1 aliphatic heterocycles. The highest BCUT2D eigenvalue weighted by Crippen LogP contribution is 2.34. The Morgan fingerprint density at radius 3 is 2.26 bits per heavy atom. The standard InChI is InChI=1S/C36H38N8O3/c37-33(45)32(15-8-18-40-36(38)39)44-31-17-16-26(35(46)43-21-19-42(20-22-43)27-10-3-1-4-11-27)24-30(31)41-34(44)25-9-7-14-29(23-25)47-28-12-5-2-6-13-28/h1-7,9-14,16-17,23-24,32H,8,15,18-22H2,(H2,37,45)(H4,38,39,40). The number of aromatic nitrogens is 2. The topological polar surface area (TPSA) is 156 Å². The van der Waals surface area contributed by atoms with Crippen LogP contribution in [0, 0.1) is 5.41 Å². The number of amides is 2. The van der Waals surface area contributed by atoms with E-state index in [1.54, 1.807) is 12.1 Å². The molecule has 1 unspecified atom stereocenters. The first-order chi connectivity index (χ1) is 22.9. The predicted molar refractivity (Wildman–Crippen MR) is 184 cm³/mol. The van der Waals surface area contributed by atoms with Gasteiger partial charge < -0.3 is 35.9 Å². The number of rotatable bonds is 11. The number of primary amides is 1. The molecular weight excluding hydrogens is 592 g/mol. The van der Waals surface area contributed by atoms with Crippen molar-refractivity contribution < 1.29 is 14.3 Å². The highest BCUT2D eigenvalue weighted by Gasteiger charge is 2.27. The Labute approximate surface area is 273 Å². The number of nitrogens with two attached hydrogens (primary N) is 2. The van der Waals surface area contributed by atoms with Crippen molar-refractivity contribution in [3.63, 3.8) is 0 Å². The van der Waals surface area contributed by atoms with Gasteiger partial charge in [0.15, 0.2) is 5.96 Å². The second kappa shape index (κ2) is 14.1. The molecule has 0 bridgehead atoms. The number of fused-ring (bicyclic) bond motifs is 1. The summed E-state index contributed by atoms with van der Waals surface area (Å²) in [4.78, 5) is 35.8. The van der Waals surface area contributed by atoms with E-state index in [0.29, 0.717) is 66.4 Å². The number of nitrogens with one attached hydrogen (secondary N) is 2. The van der Waals surface area contributed by atoms with Gasteiger partial charge in [-0.2, -0.15) is 0 Å². The van der Waals surface area contributed by atoms with Gasteiger partial charge in [0.05, 0.1) is 11.0 Å². The molecule has 0 aliphatic carbocycles. The van der Waals surface area contributed by atoms with Crippen LogP contribution in [0.2, 0.25) is 0 Å². The number of carbonyl (C=O) groups excluding carboxylic acids is 2. The SMILES string of the molecule is N=C(N)NCCCC(C(N)=O)n1c(-c2cccc(Oc3ccccc3)c2)nc2cc(C(=O)N3CCN(c4ccccc4)CC3)ccc21. The van der Waals surface area contributed by atoms with E-state index in [1.165, 1.54) is 0 Å². The number of piperazine rings is 1. The van der Waals surface area contributed by atoms with Crippen molar-refractivity contribution in [3.8, 4) is 22.9 Å². The lowest BCUT2D eigenvalue weighted by Crippen LogP contribution is -2.48. The van der Waals surface area contributed by atoms with Gasteiger partial charge in [-0.3, -0.25) is 15.0 Å². The number of benzene rings is 4. The first-order valence-electron chi connectivity index (χ1n) is 15.7. The molecule has 0 radical (unpaired) electrons. The molecule has 6 rings (SSSR count). The van der Waals surface area contributed by atoms with E-state index in [2.05, 4.69) is 22.3 Å². The van der Waals surface area contributed by atoms with Crippen LogP contribution in [0.1, 0.15) is 29.2 Å². The second-order valence-electron chi connectivity index (χ2n) is 11.5. The Balaban J connectivity index is 1.32. The van der Waals surface area contributed by atoms with Crippen molar-refractivity contribution in [2.75, 3.05) is 37.6 Å². The van der Waals surface area contributed by atoms with Crippen molar-refractivity contribution >= 4 is 34.5 Å². The number of hydrogen-bond donors (Lipinski definition) is 4. The number of anilines is 1. The van der Waals surface area contributed by atoms with Crippen LogP contribution in [-0.2, 0) is 4.79 Å². The van der Waals surface area contributed by atoms with E-state index >= 15 is 0 Å². The fourth-order valence-corrected chi connectivity index (χ4v) is 5.98. The molecule has 0 saturated carbocycles. The van der Waals surface area contributed by atoms with E-state index in [4.69, 9.17) is 26.6 Å². The maximum absolute atomic E-state index is 13.7. The first kappa shape index (κ1) is 31.2. The largest absolute Gasteiger partial charge is 0.457 e. The maximum Gasteiger partial charge on any atom is 0.254 e. The molecule has 6 N–H and O–H groups in total. The number of hydrogen-bond acceptors (Lipinski definition) is 6. The molecule has 1 atom stereocenters. The van der Waals surface area contributed by atoms with Gasteiger partial charge in [-0.1, -0.05) is 48.5 Å². The van der Waals surface area contributed by atoms with E-state index in [9.17, 15) is 9.59 Å². The zero-order valence-electron chi connectivity index (χ0n) is 26.0. The Hall–Kier alpha value is -5.84. The Bertz CT molecular complexity index is 1870. The monoisotopic (exact) mass is 630 g/mol. The van der Waals surface area contributed by atoms with Gasteiger partial charge >= 0.3 is 0 Å². The molecular formula is C36H38N8O3. The second-order valence-corrected chi connectivity index (χ2v) is 11.5. The smallest absolute Gasteiger partial charge is 0.254 e. The minimum atomic E-state index is -0.741. The highest BCUT2D eigenvalue weighted by molar-refractivity contribution is 5.98. The molecule has 11 heteroatoms. The normalized spacial score (nSPS) is 13.7. The number of carbonyl (C=O) groups is 2. The lowest BCUT2D eigenvalue weighted by molar-refractivity contribution is -0.121. The Morgan fingerprint density at radius 1 is 0.851 bits per heavy atom. The van der Waals surface area contributed by atoms with E-state index in [-0.39, 0.29) is 11.9 Å². The van der Waals surface area contributed by atoms with Gasteiger partial charge in [0.25, 0.3) is 5.91 Å². The predicted octanol–water partition coefficient (Wildman–Crippen LogP) is 4.75. The number of guanidine groups is 1. The molecule has 11 nitrogen and oxygen atoms in total. The van der Waals surface area contributed by atoms with Crippen LogP contribution < -0.4 is 26.4 Å². The molecule has 5 aromatic rings. The molecule has 240 valence electrons. The minimum absolute atomic E-state index is 0.0595. The van der Waals surface area contributed by atoms with Crippen molar-refractivity contribution in [1.82, 2.24) is 19.8 Å². The number of imidazole rings is 1. The van der Waals surface area contributed by atoms with Gasteiger partial charge in [0, 0.05) is 49.5 Å². The molecule has 1 saturated heterocycles. The van der Waals surface area contributed by atoms with E-state index in [1.807, 2.05) is 88.3 Å². The zero-order chi connectivity index (χ0) is 32.8. The van der Waals surface area contributed by atoms with E-state index < -0.39 is 11.9 Å². The number of para-hydroxylation sites is 2. The average molecular weight is 631 g/mol. The Morgan fingerprint density at radius 2 is 1.55 bits per heavy atom. The summed E-state index contributed by atoms with van der Waals surface area (Å²) in [5, 5.41) is 10.2. The molecule has 1 fully saturated rings. The minimum Gasteiger partial charge on any atom is -0.457 e. The van der Waals surface area contributed by atoms with Crippen LogP contribution in [0.5, 0.6) is 11.5 Å². The van der Waals surface area contributed by atoms with Crippen LogP contribution in [0.15, 0.2) is 103 Å². The zero-order valence-corrected chi connectivity index (χ0v) is 26.0. The van der Waals surface area contributed by atoms with Gasteiger partial charge in [0.2, 0.25) is 5.91 Å². The summed E-state index contributed by atoms with van der Waals surface area (Å²) in [5.74, 6) is 1.13. The van der Waals surface area contributed by atoms with E-state index in [0.717, 1.165) is 24.3 Å². The Kier molecular flexibility index (Phi) is 9.33. The fraction of sp³-hybridized carbons (Fsp3) is 0.222. The van der Waals surface area contributed by atoms with Gasteiger partial charge in [-0.25, -0.2) is 4.98 Å². The highest BCUT2D eigenvalue weighted by atomic mass is 16.5. The van der Waals surface area contributed by atoms with Gasteiger partial charge in [-0.15, -0.1) is 0 Å². The third-order valence-corrected chi connectivity index (χ3v) is 8.31. The van der Waals surface area contributed by atoms with Crippen molar-refractivity contribution in [1.29, 1.82) is 5.41 Å². The molecule has 0 spiro atoms. The summed E-state index contributed by atoms with van der Waals surface area (Å²) in [6, 6.07) is 31.9. The van der Waals surface area contributed by atoms with Crippen LogP contribution >= 0.6 is 0 Å². The molecule has 1 aliphatic rings. The van der Waals surface area contributed by atoms with Gasteiger partial charge in [-0.05, 0) is 67.4 Å². The van der Waals surface area contributed by atoms with Crippen molar-refractivity contribution in [3.05, 3.63) is 109 Å². The lowest BCUT2D eigenvalue weighted by Gasteiger charge is -2.36. The summed E-state index contributed by atoms with van der Waals surface area (Å²) in [5.41, 5.74) is 15.1. The summed E-state index contributed by atoms with van der Waals surface area (Å²) in [6.07, 6.45) is 0.926. The first-order valence-corrected chi connectivity index (χ1v) is 15.7. The van der Waals surface area contributed by atoms with Gasteiger partial charge in [0.1, 0.15) is 23.4 Å². The molecule has 1 aromatic heterocycles. The number of ether oxygens (including phenoxy) is 1. The number of nitrogens with zero attached hydrogens (tertiary/aromatic N) is 4. The van der Waals surface area contributed by atoms with Crippen LogP contribution in [0.4, 0.5) is 5.69 Å². The van der Waals surface area contributed by atoms with Crippen molar-refractivity contribution in [2.45, 2.75) is 18.9 Å². The molecule has 2 heterocycles. The van der Waals surface area contributed by atoms with Crippen LogP contribution in [0.3, 0.4) is 0 Å². The lowest BCUT2D eigenvalue weighted by atomic mass is 10.1. The average Bonchev–Trinajstić information content (AvgIpc) is 3.47. The molecule has 2 amide bonds. The van der Waals surface area contributed by atoms with Crippen LogP contribution in [-0.4, -0.2) is 64.9 Å². The van der Waals surface area contributed by atoms with Crippen LogP contribution in [0.25, 0.3) is 22.4 Å².